The molecule has 3 N–H and O–H groups in total. The van der Waals surface area contributed by atoms with E-state index < -0.39 is 5.97 Å². The van der Waals surface area contributed by atoms with Crippen LogP contribution in [0.3, 0.4) is 0 Å². The third-order valence-electron chi connectivity index (χ3n) is 11.4. The van der Waals surface area contributed by atoms with E-state index in [1.807, 2.05) is 0 Å². The summed E-state index contributed by atoms with van der Waals surface area (Å²) in [5.74, 6) is -0.659. The van der Waals surface area contributed by atoms with Gasteiger partial charge in [-0.25, -0.2) is 0 Å². The lowest BCUT2D eigenvalue weighted by molar-refractivity contribution is -0.137. The summed E-state index contributed by atoms with van der Waals surface area (Å²) in [7, 11) is 0. The number of aliphatic carboxylic acids is 1. The molecule has 314 valence electrons. The highest BCUT2D eigenvalue weighted by Crippen LogP contribution is 2.17. The lowest BCUT2D eigenvalue weighted by Crippen LogP contribution is -2.19. The molecule has 3 nitrogen and oxygen atoms in total. The standard InChI is InChI=1S/C37H77N.C12H24O2/c1-3-5-7-9-11-13-15-17-19-21-23-25-27-29-31-33-35-37(38)36-34-32-30-28-26-24-22-20-18-16-14-12-10-8-6-4-2;1-2-3-4-5-6-7-8-9-10-11-12(13)14/h37H,3-36,38H2,1-2H3;2-11H2,1H3,(H,13,14). The van der Waals surface area contributed by atoms with Gasteiger partial charge in [-0.2, -0.15) is 0 Å². The van der Waals surface area contributed by atoms with Crippen molar-refractivity contribution in [2.75, 3.05) is 0 Å². The van der Waals surface area contributed by atoms with Gasteiger partial charge in [0.15, 0.2) is 0 Å². The molecule has 52 heavy (non-hydrogen) atoms. The van der Waals surface area contributed by atoms with Crippen LogP contribution in [0.1, 0.15) is 303 Å². The second-order valence-electron chi connectivity index (χ2n) is 16.9. The van der Waals surface area contributed by atoms with Gasteiger partial charge in [-0.3, -0.25) is 4.79 Å². The molecule has 0 spiro atoms. The maximum Gasteiger partial charge on any atom is 0.303 e. The number of unbranched alkanes of at least 4 members (excludes halogenated alkanes) is 38. The van der Waals surface area contributed by atoms with Gasteiger partial charge >= 0.3 is 5.97 Å². The Labute approximate surface area is 330 Å². The van der Waals surface area contributed by atoms with Crippen LogP contribution < -0.4 is 5.73 Å². The highest BCUT2D eigenvalue weighted by Gasteiger charge is 2.03. The van der Waals surface area contributed by atoms with E-state index in [9.17, 15) is 4.79 Å². The van der Waals surface area contributed by atoms with Crippen molar-refractivity contribution in [1.29, 1.82) is 0 Å². The summed E-state index contributed by atoms with van der Waals surface area (Å²) in [6.45, 7) is 6.84. The van der Waals surface area contributed by atoms with Crippen molar-refractivity contribution in [3.63, 3.8) is 0 Å². The number of carboxylic acids is 1. The SMILES string of the molecule is CCCCCCCCCCCC(=O)O.CCCCCCCCCCCCCCCCCCC(N)CCCCCCCCCCCCCCCCCC. The highest BCUT2D eigenvalue weighted by molar-refractivity contribution is 5.66. The molecule has 0 aliphatic heterocycles. The van der Waals surface area contributed by atoms with Crippen molar-refractivity contribution in [1.82, 2.24) is 0 Å². The predicted octanol–water partition coefficient (Wildman–Crippen LogP) is 17.6. The van der Waals surface area contributed by atoms with Crippen molar-refractivity contribution in [3.05, 3.63) is 0 Å². The molecule has 0 saturated heterocycles. The Kier molecular flexibility index (Phi) is 51.9. The van der Waals surface area contributed by atoms with Crippen LogP contribution in [-0.4, -0.2) is 17.1 Å². The quantitative estimate of drug-likeness (QED) is 0.0612. The largest absolute Gasteiger partial charge is 0.481 e. The highest BCUT2D eigenvalue weighted by atomic mass is 16.4. The second-order valence-corrected chi connectivity index (χ2v) is 16.9. The van der Waals surface area contributed by atoms with Gasteiger partial charge in [0.05, 0.1) is 0 Å². The predicted molar refractivity (Wildman–Crippen MR) is 236 cm³/mol. The summed E-state index contributed by atoms with van der Waals surface area (Å²) in [5.41, 5.74) is 6.39. The molecule has 0 aromatic heterocycles. The summed E-state index contributed by atoms with van der Waals surface area (Å²) in [5, 5.41) is 8.41. The van der Waals surface area contributed by atoms with Gasteiger partial charge in [0.1, 0.15) is 0 Å². The van der Waals surface area contributed by atoms with E-state index in [2.05, 4.69) is 20.8 Å². The van der Waals surface area contributed by atoms with Crippen LogP contribution in [-0.2, 0) is 4.79 Å². The van der Waals surface area contributed by atoms with Crippen LogP contribution in [0.2, 0.25) is 0 Å². The van der Waals surface area contributed by atoms with E-state index in [-0.39, 0.29) is 0 Å². The summed E-state index contributed by atoms with van der Waals surface area (Å²) in [6, 6.07) is 0.466. The fraction of sp³-hybridized carbons (Fsp3) is 0.980. The first kappa shape index (κ1) is 53.5. The molecule has 0 saturated carbocycles. The van der Waals surface area contributed by atoms with Gasteiger partial charge in [0, 0.05) is 12.5 Å². The smallest absolute Gasteiger partial charge is 0.303 e. The summed E-state index contributed by atoms with van der Waals surface area (Å²) in [6.07, 6.45) is 60.3. The average Bonchev–Trinajstić information content (AvgIpc) is 3.14. The molecule has 0 radical (unpaired) electrons. The number of carbonyl (C=O) groups is 1. The minimum Gasteiger partial charge on any atom is -0.481 e. The Bertz CT molecular complexity index is 586. The molecule has 0 heterocycles. The maximum atomic E-state index is 10.2. The fourth-order valence-corrected chi connectivity index (χ4v) is 7.64. The summed E-state index contributed by atoms with van der Waals surface area (Å²) in [4.78, 5) is 10.2. The van der Waals surface area contributed by atoms with E-state index in [1.54, 1.807) is 0 Å². The zero-order chi connectivity index (χ0) is 38.3. The van der Waals surface area contributed by atoms with Crippen molar-refractivity contribution in [3.8, 4) is 0 Å². The molecule has 0 atom stereocenters. The number of hydrogen-bond donors (Lipinski definition) is 2. The molecule has 0 unspecified atom stereocenters. The second kappa shape index (κ2) is 50.4. The van der Waals surface area contributed by atoms with Crippen LogP contribution in [0.4, 0.5) is 0 Å². The van der Waals surface area contributed by atoms with Gasteiger partial charge in [0.25, 0.3) is 0 Å². The molecule has 0 rings (SSSR count). The molecule has 0 aliphatic rings. The number of carboxylic acid groups (broad SMARTS) is 1. The molecule has 0 aromatic rings. The Morgan fingerprint density at radius 3 is 0.692 bits per heavy atom. The van der Waals surface area contributed by atoms with Crippen LogP contribution in [0, 0.1) is 0 Å². The fourth-order valence-electron chi connectivity index (χ4n) is 7.64. The maximum absolute atomic E-state index is 10.2. The van der Waals surface area contributed by atoms with E-state index in [0.29, 0.717) is 12.5 Å². The van der Waals surface area contributed by atoms with Gasteiger partial charge in [-0.05, 0) is 19.3 Å². The van der Waals surface area contributed by atoms with Gasteiger partial charge in [-0.15, -0.1) is 0 Å². The topological polar surface area (TPSA) is 63.3 Å². The molecule has 0 aliphatic carbocycles. The van der Waals surface area contributed by atoms with E-state index in [4.69, 9.17) is 10.8 Å². The van der Waals surface area contributed by atoms with Gasteiger partial charge < -0.3 is 10.8 Å². The third-order valence-corrected chi connectivity index (χ3v) is 11.4. The first-order chi connectivity index (χ1) is 25.6. The summed E-state index contributed by atoms with van der Waals surface area (Å²) < 4.78 is 0. The van der Waals surface area contributed by atoms with Crippen molar-refractivity contribution >= 4 is 5.97 Å². The first-order valence-corrected chi connectivity index (χ1v) is 24.6. The van der Waals surface area contributed by atoms with Gasteiger partial charge in [0.2, 0.25) is 0 Å². The minimum absolute atomic E-state index is 0.343. The Balaban J connectivity index is 0. The Morgan fingerprint density at radius 2 is 0.500 bits per heavy atom. The third kappa shape index (κ3) is 53.8. The number of hydrogen-bond acceptors (Lipinski definition) is 2. The minimum atomic E-state index is -0.659. The molecular formula is C49H101NO2. The first-order valence-electron chi connectivity index (χ1n) is 24.6. The molecular weight excluding hydrogens is 635 g/mol. The van der Waals surface area contributed by atoms with Crippen LogP contribution in [0.15, 0.2) is 0 Å². The zero-order valence-corrected chi connectivity index (χ0v) is 36.6. The lowest BCUT2D eigenvalue weighted by Gasteiger charge is -2.11. The van der Waals surface area contributed by atoms with Crippen molar-refractivity contribution < 1.29 is 9.90 Å². The molecule has 0 bridgehead atoms. The monoisotopic (exact) mass is 736 g/mol. The molecule has 0 amide bonds. The molecule has 3 heteroatoms. The van der Waals surface area contributed by atoms with Gasteiger partial charge in [-0.1, -0.05) is 278 Å². The lowest BCUT2D eigenvalue weighted by atomic mass is 10.00. The number of nitrogens with two attached hydrogens (primary N) is 1. The van der Waals surface area contributed by atoms with Crippen LogP contribution in [0.5, 0.6) is 0 Å². The van der Waals surface area contributed by atoms with Crippen molar-refractivity contribution in [2.24, 2.45) is 5.73 Å². The molecule has 0 aromatic carbocycles. The Morgan fingerprint density at radius 1 is 0.327 bits per heavy atom. The Hall–Kier alpha value is -0.570. The molecule has 0 fully saturated rings. The number of rotatable bonds is 44. The van der Waals surface area contributed by atoms with E-state index >= 15 is 0 Å². The van der Waals surface area contributed by atoms with E-state index in [0.717, 1.165) is 12.8 Å². The average molecular weight is 736 g/mol. The van der Waals surface area contributed by atoms with Crippen molar-refractivity contribution in [2.45, 2.75) is 309 Å². The summed E-state index contributed by atoms with van der Waals surface area (Å²) >= 11 is 0. The normalized spacial score (nSPS) is 11.3. The zero-order valence-electron chi connectivity index (χ0n) is 36.6. The van der Waals surface area contributed by atoms with Crippen LogP contribution in [0.25, 0.3) is 0 Å². The van der Waals surface area contributed by atoms with Crippen LogP contribution >= 0.6 is 0 Å². The van der Waals surface area contributed by atoms with E-state index in [1.165, 1.54) is 263 Å².